The van der Waals surface area contributed by atoms with Gasteiger partial charge in [-0.15, -0.1) is 0 Å². The summed E-state index contributed by atoms with van der Waals surface area (Å²) in [6.07, 6.45) is 2.91. The Morgan fingerprint density at radius 1 is 0.867 bits per heavy atom. The van der Waals surface area contributed by atoms with Crippen LogP contribution in [0.5, 0.6) is 0 Å². The van der Waals surface area contributed by atoms with Gasteiger partial charge in [-0.2, -0.15) is 0 Å². The Balaban J connectivity index is 0.00000112. The van der Waals surface area contributed by atoms with E-state index in [2.05, 4.69) is 0 Å². The second-order valence-electron chi connectivity index (χ2n) is 3.77. The first-order valence-electron chi connectivity index (χ1n) is 5.34. The predicted octanol–water partition coefficient (Wildman–Crippen LogP) is 1.23. The molecule has 0 radical (unpaired) electrons. The second kappa shape index (κ2) is 7.17. The molecule has 2 fully saturated rings. The zero-order valence-electron chi connectivity index (χ0n) is 8.44. The SMILES string of the molecule is C.C(CCOCC1CO1)COCC1CO1. The van der Waals surface area contributed by atoms with Gasteiger partial charge in [0, 0.05) is 13.2 Å². The molecule has 15 heavy (non-hydrogen) atoms. The van der Waals surface area contributed by atoms with Crippen LogP contribution in [-0.4, -0.2) is 51.8 Å². The molecule has 0 spiro atoms. The molecule has 2 rings (SSSR count). The van der Waals surface area contributed by atoms with Crippen LogP contribution >= 0.6 is 0 Å². The molecule has 2 saturated heterocycles. The maximum absolute atomic E-state index is 5.39. The summed E-state index contributed by atoms with van der Waals surface area (Å²) < 4.78 is 20.8. The first-order valence-corrected chi connectivity index (χ1v) is 5.34. The molecule has 0 bridgehead atoms. The van der Waals surface area contributed by atoms with Gasteiger partial charge in [-0.25, -0.2) is 0 Å². The lowest BCUT2D eigenvalue weighted by atomic mass is 10.3. The molecule has 2 aliphatic heterocycles. The number of hydrogen-bond acceptors (Lipinski definition) is 4. The van der Waals surface area contributed by atoms with E-state index in [-0.39, 0.29) is 7.43 Å². The maximum Gasteiger partial charge on any atom is 0.104 e. The van der Waals surface area contributed by atoms with Crippen molar-refractivity contribution in [1.82, 2.24) is 0 Å². The molecule has 0 aromatic rings. The Morgan fingerprint density at radius 3 is 1.60 bits per heavy atom. The summed E-state index contributed by atoms with van der Waals surface area (Å²) in [6.45, 7) is 4.93. The van der Waals surface area contributed by atoms with Gasteiger partial charge in [0.2, 0.25) is 0 Å². The molecule has 90 valence electrons. The molecule has 2 aliphatic rings. The van der Waals surface area contributed by atoms with Crippen molar-refractivity contribution in [2.75, 3.05) is 39.6 Å². The minimum atomic E-state index is 0. The minimum absolute atomic E-state index is 0. The lowest BCUT2D eigenvalue weighted by molar-refractivity contribution is 0.0885. The van der Waals surface area contributed by atoms with Crippen LogP contribution in [0, 0.1) is 0 Å². The summed E-state index contributed by atoms with van der Waals surface area (Å²) in [4.78, 5) is 0. The van der Waals surface area contributed by atoms with Crippen LogP contribution in [0.2, 0.25) is 0 Å². The smallest absolute Gasteiger partial charge is 0.104 e. The van der Waals surface area contributed by atoms with E-state index in [1.807, 2.05) is 0 Å². The van der Waals surface area contributed by atoms with Crippen LogP contribution in [-0.2, 0) is 18.9 Å². The van der Waals surface area contributed by atoms with Gasteiger partial charge in [-0.05, 0) is 12.8 Å². The fourth-order valence-electron chi connectivity index (χ4n) is 1.17. The molecular formula is C11H22O4. The van der Waals surface area contributed by atoms with Gasteiger partial charge >= 0.3 is 0 Å². The molecule has 0 aromatic carbocycles. The van der Waals surface area contributed by atoms with E-state index in [9.17, 15) is 0 Å². The minimum Gasteiger partial charge on any atom is -0.379 e. The highest BCUT2D eigenvalue weighted by Gasteiger charge is 2.22. The van der Waals surface area contributed by atoms with E-state index in [0.29, 0.717) is 12.2 Å². The van der Waals surface area contributed by atoms with Crippen molar-refractivity contribution in [3.8, 4) is 0 Å². The van der Waals surface area contributed by atoms with Gasteiger partial charge in [0.1, 0.15) is 12.2 Å². The molecule has 4 nitrogen and oxygen atoms in total. The Labute approximate surface area is 91.8 Å². The fourth-order valence-corrected chi connectivity index (χ4v) is 1.17. The Morgan fingerprint density at radius 2 is 1.27 bits per heavy atom. The van der Waals surface area contributed by atoms with Crippen LogP contribution < -0.4 is 0 Å². The van der Waals surface area contributed by atoms with Crippen molar-refractivity contribution in [1.29, 1.82) is 0 Å². The molecule has 0 N–H and O–H groups in total. The number of unbranched alkanes of at least 4 members (excludes halogenated alkanes) is 1. The molecule has 2 unspecified atom stereocenters. The van der Waals surface area contributed by atoms with E-state index in [1.54, 1.807) is 0 Å². The van der Waals surface area contributed by atoms with Gasteiger partial charge < -0.3 is 18.9 Å². The van der Waals surface area contributed by atoms with Crippen molar-refractivity contribution < 1.29 is 18.9 Å². The van der Waals surface area contributed by atoms with E-state index in [4.69, 9.17) is 18.9 Å². The lowest BCUT2D eigenvalue weighted by Gasteiger charge is -2.03. The third-order valence-electron chi connectivity index (χ3n) is 2.24. The topological polar surface area (TPSA) is 43.5 Å². The summed E-state index contributed by atoms with van der Waals surface area (Å²) >= 11 is 0. The molecule has 2 atom stereocenters. The molecule has 0 aromatic heterocycles. The largest absolute Gasteiger partial charge is 0.379 e. The number of epoxide rings is 2. The van der Waals surface area contributed by atoms with Crippen LogP contribution in [0.25, 0.3) is 0 Å². The lowest BCUT2D eigenvalue weighted by Crippen LogP contribution is -2.05. The van der Waals surface area contributed by atoms with Gasteiger partial charge in [0.05, 0.1) is 26.4 Å². The van der Waals surface area contributed by atoms with E-state index in [1.165, 1.54) is 0 Å². The second-order valence-corrected chi connectivity index (χ2v) is 3.77. The zero-order chi connectivity index (χ0) is 9.64. The van der Waals surface area contributed by atoms with E-state index >= 15 is 0 Å². The summed E-state index contributed by atoms with van der Waals surface area (Å²) in [5.74, 6) is 0. The summed E-state index contributed by atoms with van der Waals surface area (Å²) in [6, 6.07) is 0. The van der Waals surface area contributed by atoms with E-state index < -0.39 is 0 Å². The average Bonchev–Trinajstić information content (AvgIpc) is 3.00. The third-order valence-corrected chi connectivity index (χ3v) is 2.24. The molecule has 2 heterocycles. The monoisotopic (exact) mass is 218 g/mol. The summed E-state index contributed by atoms with van der Waals surface area (Å²) in [7, 11) is 0. The summed E-state index contributed by atoms with van der Waals surface area (Å²) in [5, 5.41) is 0. The third kappa shape index (κ3) is 6.84. The molecule has 0 amide bonds. The molecule has 4 heteroatoms. The van der Waals surface area contributed by atoms with E-state index in [0.717, 1.165) is 52.5 Å². The van der Waals surface area contributed by atoms with Gasteiger partial charge in [0.15, 0.2) is 0 Å². The molecule has 0 saturated carbocycles. The fraction of sp³-hybridized carbons (Fsp3) is 1.00. The number of ether oxygens (including phenoxy) is 4. The summed E-state index contributed by atoms with van der Waals surface area (Å²) in [5.41, 5.74) is 0. The predicted molar refractivity (Wildman–Crippen MR) is 57.1 cm³/mol. The zero-order valence-corrected chi connectivity index (χ0v) is 8.44. The number of rotatable bonds is 9. The molecule has 0 aliphatic carbocycles. The Bertz CT molecular complexity index is 137. The van der Waals surface area contributed by atoms with Crippen LogP contribution in [0.4, 0.5) is 0 Å². The number of hydrogen-bond donors (Lipinski definition) is 0. The van der Waals surface area contributed by atoms with Gasteiger partial charge in [-0.3, -0.25) is 0 Å². The van der Waals surface area contributed by atoms with Crippen molar-refractivity contribution in [2.24, 2.45) is 0 Å². The van der Waals surface area contributed by atoms with Crippen molar-refractivity contribution in [3.63, 3.8) is 0 Å². The van der Waals surface area contributed by atoms with Gasteiger partial charge in [0.25, 0.3) is 0 Å². The maximum atomic E-state index is 5.39. The van der Waals surface area contributed by atoms with Crippen LogP contribution in [0.3, 0.4) is 0 Å². The van der Waals surface area contributed by atoms with Gasteiger partial charge in [-0.1, -0.05) is 7.43 Å². The van der Waals surface area contributed by atoms with Crippen molar-refractivity contribution in [2.45, 2.75) is 32.5 Å². The average molecular weight is 218 g/mol. The Kier molecular flexibility index (Phi) is 6.17. The Hall–Kier alpha value is -0.160. The first-order chi connectivity index (χ1) is 6.95. The highest BCUT2D eigenvalue weighted by atomic mass is 16.6. The normalized spacial score (nSPS) is 27.2. The van der Waals surface area contributed by atoms with Crippen LogP contribution in [0.1, 0.15) is 20.3 Å². The van der Waals surface area contributed by atoms with Crippen molar-refractivity contribution in [3.05, 3.63) is 0 Å². The molecular weight excluding hydrogens is 196 g/mol. The standard InChI is InChI=1S/C10H18O4.CH4/c1(3-11-5-9-7-13-9)2-4-12-6-10-8-14-10;/h9-10H,1-8H2;1H4. The first kappa shape index (κ1) is 12.9. The highest BCUT2D eigenvalue weighted by molar-refractivity contribution is 4.67. The van der Waals surface area contributed by atoms with Crippen molar-refractivity contribution >= 4 is 0 Å². The highest BCUT2D eigenvalue weighted by Crippen LogP contribution is 2.09. The quantitative estimate of drug-likeness (QED) is 0.431. The van der Waals surface area contributed by atoms with Crippen LogP contribution in [0.15, 0.2) is 0 Å².